The molecule has 1 aliphatic rings. The number of benzene rings is 2. The Bertz CT molecular complexity index is 960. The fourth-order valence-corrected chi connectivity index (χ4v) is 5.60. The molecule has 0 radical (unpaired) electrons. The molecule has 1 aliphatic heterocycles. The molecule has 2 aromatic rings. The first-order valence-electron chi connectivity index (χ1n) is 9.89. The van der Waals surface area contributed by atoms with Crippen molar-refractivity contribution in [2.45, 2.75) is 11.8 Å². The Labute approximate surface area is 187 Å². The molecule has 1 saturated heterocycles. The molecule has 0 bridgehead atoms. The van der Waals surface area contributed by atoms with Gasteiger partial charge in [0.1, 0.15) is 0 Å². The second-order valence-corrected chi connectivity index (χ2v) is 10.7. The minimum Gasteiger partial charge on any atom is -0.369 e. The molecule has 162 valence electrons. The van der Waals surface area contributed by atoms with Crippen LogP contribution in [-0.4, -0.2) is 62.9 Å². The van der Waals surface area contributed by atoms with Gasteiger partial charge in [0.25, 0.3) is 5.91 Å². The van der Waals surface area contributed by atoms with Gasteiger partial charge in [0.2, 0.25) is 10.0 Å². The van der Waals surface area contributed by atoms with Crippen molar-refractivity contribution in [2.75, 3.05) is 49.1 Å². The lowest BCUT2D eigenvalue weighted by atomic mass is 10.2. The maximum absolute atomic E-state index is 12.7. The molecule has 6 nitrogen and oxygen atoms in total. The summed E-state index contributed by atoms with van der Waals surface area (Å²) in [5.74, 6) is 0.512. The van der Waals surface area contributed by atoms with E-state index in [1.165, 1.54) is 4.31 Å². The van der Waals surface area contributed by atoms with Crippen LogP contribution in [0.15, 0.2) is 53.4 Å². The third-order valence-electron chi connectivity index (χ3n) is 4.90. The highest BCUT2D eigenvalue weighted by molar-refractivity contribution is 7.99. The molecular weight excluding hydrogens is 442 g/mol. The number of hydrogen-bond acceptors (Lipinski definition) is 5. The van der Waals surface area contributed by atoms with Gasteiger partial charge in [-0.15, -0.1) is 11.8 Å². The Morgan fingerprint density at radius 1 is 1.07 bits per heavy atom. The molecule has 1 amide bonds. The van der Waals surface area contributed by atoms with Gasteiger partial charge in [-0.3, -0.25) is 4.79 Å². The summed E-state index contributed by atoms with van der Waals surface area (Å²) >= 11 is 7.52. The van der Waals surface area contributed by atoms with Gasteiger partial charge >= 0.3 is 0 Å². The third kappa shape index (κ3) is 5.91. The van der Waals surface area contributed by atoms with Crippen LogP contribution in [0.1, 0.15) is 17.3 Å². The van der Waals surface area contributed by atoms with Crippen molar-refractivity contribution < 1.29 is 13.2 Å². The summed E-state index contributed by atoms with van der Waals surface area (Å²) in [6, 6.07) is 14.9. The number of nitrogens with one attached hydrogen (secondary N) is 1. The normalized spacial score (nSPS) is 15.2. The lowest BCUT2D eigenvalue weighted by Crippen LogP contribution is -2.50. The smallest absolute Gasteiger partial charge is 0.252 e. The maximum Gasteiger partial charge on any atom is 0.252 e. The second kappa shape index (κ2) is 10.5. The molecule has 9 heteroatoms. The number of thioether (sulfide) groups is 1. The molecule has 0 atom stereocenters. The SMILES string of the molecule is CCSc1ccccc1C(=O)NCCS(=O)(=O)N1CCN(c2ccc(Cl)cc2)CC1. The molecule has 0 aromatic heterocycles. The lowest BCUT2D eigenvalue weighted by Gasteiger charge is -2.35. The van der Waals surface area contributed by atoms with Crippen LogP contribution in [0, 0.1) is 0 Å². The van der Waals surface area contributed by atoms with Crippen molar-refractivity contribution in [2.24, 2.45) is 0 Å². The highest BCUT2D eigenvalue weighted by atomic mass is 35.5. The van der Waals surface area contributed by atoms with E-state index in [0.717, 1.165) is 16.3 Å². The quantitative estimate of drug-likeness (QED) is 0.603. The van der Waals surface area contributed by atoms with Crippen molar-refractivity contribution in [3.8, 4) is 0 Å². The minimum absolute atomic E-state index is 0.0870. The molecule has 0 aliphatic carbocycles. The first-order valence-corrected chi connectivity index (χ1v) is 12.9. The zero-order chi connectivity index (χ0) is 21.6. The zero-order valence-corrected chi connectivity index (χ0v) is 19.3. The molecule has 30 heavy (non-hydrogen) atoms. The van der Waals surface area contributed by atoms with E-state index in [1.54, 1.807) is 17.8 Å². The third-order valence-corrected chi connectivity index (χ3v) is 7.98. The number of amides is 1. The van der Waals surface area contributed by atoms with Crippen LogP contribution in [-0.2, 0) is 10.0 Å². The van der Waals surface area contributed by atoms with E-state index >= 15 is 0 Å². The highest BCUT2D eigenvalue weighted by Crippen LogP contribution is 2.22. The molecule has 3 rings (SSSR count). The highest BCUT2D eigenvalue weighted by Gasteiger charge is 2.27. The van der Waals surface area contributed by atoms with Crippen molar-refractivity contribution in [1.29, 1.82) is 0 Å². The Morgan fingerprint density at radius 3 is 2.40 bits per heavy atom. The number of rotatable bonds is 8. The number of sulfonamides is 1. The van der Waals surface area contributed by atoms with Crippen molar-refractivity contribution in [3.05, 3.63) is 59.1 Å². The number of hydrogen-bond donors (Lipinski definition) is 1. The summed E-state index contributed by atoms with van der Waals surface area (Å²) in [5, 5.41) is 3.43. The lowest BCUT2D eigenvalue weighted by molar-refractivity contribution is 0.0953. The van der Waals surface area contributed by atoms with Crippen LogP contribution in [0.2, 0.25) is 5.02 Å². The van der Waals surface area contributed by atoms with Crippen molar-refractivity contribution >= 4 is 45.0 Å². The molecule has 1 heterocycles. The van der Waals surface area contributed by atoms with E-state index < -0.39 is 10.0 Å². The first-order chi connectivity index (χ1) is 14.4. The topological polar surface area (TPSA) is 69.7 Å². The number of carbonyl (C=O) groups excluding carboxylic acids is 1. The number of halogens is 1. The summed E-state index contributed by atoms with van der Waals surface area (Å²) in [6.07, 6.45) is 0. The van der Waals surface area contributed by atoms with Gasteiger partial charge in [-0.25, -0.2) is 8.42 Å². The van der Waals surface area contributed by atoms with Gasteiger partial charge in [0.15, 0.2) is 0 Å². The van der Waals surface area contributed by atoms with E-state index in [4.69, 9.17) is 11.6 Å². The Morgan fingerprint density at radius 2 is 1.73 bits per heavy atom. The molecule has 0 spiro atoms. The fraction of sp³-hybridized carbons (Fsp3) is 0.381. The van der Waals surface area contributed by atoms with Gasteiger partial charge in [-0.1, -0.05) is 30.7 Å². The largest absolute Gasteiger partial charge is 0.369 e. The maximum atomic E-state index is 12.7. The first kappa shape index (κ1) is 22.9. The van der Waals surface area contributed by atoms with Gasteiger partial charge in [0, 0.05) is 48.3 Å². The van der Waals surface area contributed by atoms with Crippen molar-refractivity contribution in [3.63, 3.8) is 0 Å². The molecule has 1 fully saturated rings. The average molecular weight is 468 g/mol. The van der Waals surface area contributed by atoms with E-state index in [2.05, 4.69) is 10.2 Å². The predicted octanol–water partition coefficient (Wildman–Crippen LogP) is 3.33. The van der Waals surface area contributed by atoms with E-state index in [1.807, 2.05) is 49.4 Å². The van der Waals surface area contributed by atoms with Crippen LogP contribution >= 0.6 is 23.4 Å². The van der Waals surface area contributed by atoms with Gasteiger partial charge in [-0.05, 0) is 42.2 Å². The molecule has 1 N–H and O–H groups in total. The summed E-state index contributed by atoms with van der Waals surface area (Å²) < 4.78 is 26.9. The minimum atomic E-state index is -3.43. The monoisotopic (exact) mass is 467 g/mol. The van der Waals surface area contributed by atoms with Gasteiger partial charge in [0.05, 0.1) is 11.3 Å². The van der Waals surface area contributed by atoms with E-state index in [-0.39, 0.29) is 18.2 Å². The van der Waals surface area contributed by atoms with Crippen LogP contribution < -0.4 is 10.2 Å². The van der Waals surface area contributed by atoms with Crippen molar-refractivity contribution in [1.82, 2.24) is 9.62 Å². The van der Waals surface area contributed by atoms with E-state index in [0.29, 0.717) is 36.8 Å². The molecular formula is C21H26ClN3O3S2. The van der Waals surface area contributed by atoms with Gasteiger partial charge in [-0.2, -0.15) is 4.31 Å². The fourth-order valence-electron chi connectivity index (χ4n) is 3.33. The van der Waals surface area contributed by atoms with E-state index in [9.17, 15) is 13.2 Å². The number of carbonyl (C=O) groups is 1. The van der Waals surface area contributed by atoms with Crippen LogP contribution in [0.25, 0.3) is 0 Å². The molecule has 0 unspecified atom stereocenters. The Kier molecular flexibility index (Phi) is 8.05. The average Bonchev–Trinajstić information content (AvgIpc) is 2.75. The summed E-state index contributed by atoms with van der Waals surface area (Å²) in [5.41, 5.74) is 1.62. The number of anilines is 1. The number of nitrogens with zero attached hydrogens (tertiary/aromatic N) is 2. The molecule has 2 aromatic carbocycles. The van der Waals surface area contributed by atoms with Crippen LogP contribution in [0.3, 0.4) is 0 Å². The Hall–Kier alpha value is -1.74. The standard InChI is InChI=1S/C21H26ClN3O3S2/c1-2-29-20-6-4-3-5-19(20)21(26)23-11-16-30(27,28)25-14-12-24(13-15-25)18-9-7-17(22)8-10-18/h3-10H,2,11-16H2,1H3,(H,23,26). The van der Waals surface area contributed by atoms with Gasteiger partial charge < -0.3 is 10.2 Å². The summed E-state index contributed by atoms with van der Waals surface area (Å²) in [7, 11) is -3.43. The number of piperazine rings is 1. The van der Waals surface area contributed by atoms with Crippen LogP contribution in [0.5, 0.6) is 0 Å². The summed E-state index contributed by atoms with van der Waals surface area (Å²) in [4.78, 5) is 15.5. The summed E-state index contributed by atoms with van der Waals surface area (Å²) in [6.45, 7) is 4.20. The molecule has 0 saturated carbocycles. The Balaban J connectivity index is 1.50. The zero-order valence-electron chi connectivity index (χ0n) is 16.9. The second-order valence-electron chi connectivity index (χ2n) is 6.86. The van der Waals surface area contributed by atoms with Crippen LogP contribution in [0.4, 0.5) is 5.69 Å². The predicted molar refractivity (Wildman–Crippen MR) is 124 cm³/mol.